The van der Waals surface area contributed by atoms with Gasteiger partial charge in [0.1, 0.15) is 5.69 Å². The van der Waals surface area contributed by atoms with E-state index < -0.39 is 11.7 Å². The van der Waals surface area contributed by atoms with Crippen LogP contribution in [0.4, 0.5) is 13.2 Å². The van der Waals surface area contributed by atoms with Crippen LogP contribution in [0.2, 0.25) is 0 Å². The van der Waals surface area contributed by atoms with Gasteiger partial charge >= 0.3 is 6.18 Å². The third-order valence-corrected chi connectivity index (χ3v) is 4.28. The fraction of sp³-hybridized carbons (Fsp3) is 0.190. The zero-order chi connectivity index (χ0) is 19.6. The first-order valence-corrected chi connectivity index (χ1v) is 8.23. The van der Waals surface area contributed by atoms with Crippen molar-refractivity contribution in [3.8, 4) is 11.8 Å². The minimum absolute atomic E-state index is 0.168. The molecule has 1 aromatic heterocycles. The molecule has 0 saturated carbocycles. The SMILES string of the molecule is CN(CC#Cc1ccc(C(F)(F)F)cc1)C(=O)c1cc2ccccc2n1C. The van der Waals surface area contributed by atoms with Crippen molar-refractivity contribution in [2.75, 3.05) is 13.6 Å². The molecule has 6 heteroatoms. The van der Waals surface area contributed by atoms with Crippen LogP contribution in [0, 0.1) is 11.8 Å². The van der Waals surface area contributed by atoms with Crippen LogP contribution in [0.5, 0.6) is 0 Å². The zero-order valence-electron chi connectivity index (χ0n) is 14.8. The van der Waals surface area contributed by atoms with E-state index in [2.05, 4.69) is 11.8 Å². The van der Waals surface area contributed by atoms with Crippen molar-refractivity contribution in [1.29, 1.82) is 0 Å². The minimum atomic E-state index is -4.36. The van der Waals surface area contributed by atoms with Gasteiger partial charge in [0.05, 0.1) is 12.1 Å². The summed E-state index contributed by atoms with van der Waals surface area (Å²) in [6.07, 6.45) is -4.36. The van der Waals surface area contributed by atoms with E-state index in [0.29, 0.717) is 11.3 Å². The summed E-state index contributed by atoms with van der Waals surface area (Å²) in [6.45, 7) is 0.168. The second-order valence-corrected chi connectivity index (χ2v) is 6.19. The standard InChI is InChI=1S/C21H17F3N2O/c1-25(13-5-6-15-9-11-17(12-10-15)21(22,23)24)20(27)19-14-16-7-3-4-8-18(16)26(19)2/h3-4,7-12,14H,13H2,1-2H3. The molecule has 3 aromatic rings. The van der Waals surface area contributed by atoms with Gasteiger partial charge in [-0.25, -0.2) is 0 Å². The molecule has 0 radical (unpaired) electrons. The zero-order valence-corrected chi connectivity index (χ0v) is 14.8. The van der Waals surface area contributed by atoms with Gasteiger partial charge in [-0.15, -0.1) is 0 Å². The lowest BCUT2D eigenvalue weighted by molar-refractivity contribution is -0.137. The highest BCUT2D eigenvalue weighted by Gasteiger charge is 2.29. The van der Waals surface area contributed by atoms with Crippen LogP contribution in [0.15, 0.2) is 54.6 Å². The fourth-order valence-corrected chi connectivity index (χ4v) is 2.76. The van der Waals surface area contributed by atoms with Crippen molar-refractivity contribution in [2.24, 2.45) is 7.05 Å². The highest BCUT2D eigenvalue weighted by Crippen LogP contribution is 2.28. The summed E-state index contributed by atoms with van der Waals surface area (Å²) in [7, 11) is 3.47. The number of rotatable bonds is 2. The number of alkyl halides is 3. The number of carbonyl (C=O) groups is 1. The molecule has 3 nitrogen and oxygen atoms in total. The van der Waals surface area contributed by atoms with Crippen LogP contribution in [-0.2, 0) is 13.2 Å². The summed E-state index contributed by atoms with van der Waals surface area (Å²) in [5, 5.41) is 0.979. The number of halogens is 3. The summed E-state index contributed by atoms with van der Waals surface area (Å²) in [5.74, 6) is 5.44. The number of nitrogens with zero attached hydrogens (tertiary/aromatic N) is 2. The predicted molar refractivity (Wildman–Crippen MR) is 98.2 cm³/mol. The summed E-state index contributed by atoms with van der Waals surface area (Å²) in [6, 6.07) is 14.2. The Morgan fingerprint density at radius 2 is 1.78 bits per heavy atom. The number of hydrogen-bond donors (Lipinski definition) is 0. The van der Waals surface area contributed by atoms with Crippen LogP contribution in [0.25, 0.3) is 10.9 Å². The maximum absolute atomic E-state index is 12.6. The molecular formula is C21H17F3N2O. The smallest absolute Gasteiger partial charge is 0.340 e. The molecule has 3 rings (SSSR count). The molecule has 138 valence electrons. The third kappa shape index (κ3) is 3.98. The Bertz CT molecular complexity index is 1040. The summed E-state index contributed by atoms with van der Waals surface area (Å²) in [5.41, 5.74) is 1.27. The molecule has 0 fully saturated rings. The average Bonchev–Trinajstić information content (AvgIpc) is 2.98. The van der Waals surface area contributed by atoms with E-state index in [4.69, 9.17) is 0 Å². The molecule has 0 N–H and O–H groups in total. The van der Waals surface area contributed by atoms with Gasteiger partial charge in [-0.1, -0.05) is 30.0 Å². The first kappa shape index (κ1) is 18.6. The van der Waals surface area contributed by atoms with Crippen LogP contribution in [0.1, 0.15) is 21.6 Å². The monoisotopic (exact) mass is 370 g/mol. The molecule has 0 atom stereocenters. The highest BCUT2D eigenvalue weighted by molar-refractivity contribution is 5.98. The second-order valence-electron chi connectivity index (χ2n) is 6.19. The number of hydrogen-bond acceptors (Lipinski definition) is 1. The highest BCUT2D eigenvalue weighted by atomic mass is 19.4. The van der Waals surface area contributed by atoms with Gasteiger partial charge in [0.25, 0.3) is 5.91 Å². The number of aryl methyl sites for hydroxylation is 1. The van der Waals surface area contributed by atoms with Gasteiger partial charge < -0.3 is 9.47 Å². The Labute approximate surface area is 155 Å². The first-order valence-electron chi connectivity index (χ1n) is 8.23. The van der Waals surface area contributed by atoms with E-state index in [1.807, 2.05) is 41.9 Å². The number of carbonyl (C=O) groups excluding carboxylic acids is 1. The van der Waals surface area contributed by atoms with E-state index in [9.17, 15) is 18.0 Å². The fourth-order valence-electron chi connectivity index (χ4n) is 2.76. The van der Waals surface area contributed by atoms with Crippen LogP contribution in [0.3, 0.4) is 0 Å². The van der Waals surface area contributed by atoms with E-state index in [1.165, 1.54) is 17.0 Å². The number of amides is 1. The molecule has 27 heavy (non-hydrogen) atoms. The van der Waals surface area contributed by atoms with Gasteiger partial charge in [-0.2, -0.15) is 13.2 Å². The third-order valence-electron chi connectivity index (χ3n) is 4.28. The molecule has 0 unspecified atom stereocenters. The number of fused-ring (bicyclic) bond motifs is 1. The van der Waals surface area contributed by atoms with Crippen molar-refractivity contribution in [2.45, 2.75) is 6.18 Å². The summed E-state index contributed by atoms with van der Waals surface area (Å²) in [4.78, 5) is 14.1. The van der Waals surface area contributed by atoms with Crippen LogP contribution in [-0.4, -0.2) is 29.0 Å². The Morgan fingerprint density at radius 1 is 1.11 bits per heavy atom. The average molecular weight is 370 g/mol. The maximum Gasteiger partial charge on any atom is 0.416 e. The Kier molecular flexibility index (Phi) is 4.95. The maximum atomic E-state index is 12.6. The second kappa shape index (κ2) is 7.20. The van der Waals surface area contributed by atoms with Gasteiger partial charge in [0.2, 0.25) is 0 Å². The van der Waals surface area contributed by atoms with Crippen LogP contribution < -0.4 is 0 Å². The molecule has 0 aliphatic carbocycles. The lowest BCUT2D eigenvalue weighted by Crippen LogP contribution is -2.28. The van der Waals surface area contributed by atoms with Gasteiger partial charge in [-0.3, -0.25) is 4.79 Å². The molecule has 0 spiro atoms. The van der Waals surface area contributed by atoms with Gasteiger partial charge in [0.15, 0.2) is 0 Å². The minimum Gasteiger partial charge on any atom is -0.340 e. The van der Waals surface area contributed by atoms with E-state index >= 15 is 0 Å². The topological polar surface area (TPSA) is 25.2 Å². The van der Waals surface area contributed by atoms with Crippen molar-refractivity contribution in [3.05, 3.63) is 71.4 Å². The summed E-state index contributed by atoms with van der Waals surface area (Å²) < 4.78 is 39.5. The molecular weight excluding hydrogens is 353 g/mol. The predicted octanol–water partition coefficient (Wildman–Crippen LogP) is 4.32. The molecule has 0 saturated heterocycles. The lowest BCUT2D eigenvalue weighted by atomic mass is 10.1. The van der Waals surface area contributed by atoms with Crippen LogP contribution >= 0.6 is 0 Å². The van der Waals surface area contributed by atoms with Gasteiger partial charge in [-0.05, 0) is 36.4 Å². The quantitative estimate of drug-likeness (QED) is 0.617. The Balaban J connectivity index is 1.70. The molecule has 2 aromatic carbocycles. The Morgan fingerprint density at radius 3 is 2.41 bits per heavy atom. The van der Waals surface area contributed by atoms with Gasteiger partial charge in [0, 0.05) is 30.6 Å². The van der Waals surface area contributed by atoms with E-state index in [1.54, 1.807) is 7.05 Å². The number of benzene rings is 2. The van der Waals surface area contributed by atoms with Crippen molar-refractivity contribution >= 4 is 16.8 Å². The summed E-state index contributed by atoms with van der Waals surface area (Å²) >= 11 is 0. The van der Waals surface area contributed by atoms with E-state index in [0.717, 1.165) is 23.0 Å². The molecule has 0 aliphatic heterocycles. The van der Waals surface area contributed by atoms with E-state index in [-0.39, 0.29) is 12.5 Å². The molecule has 0 aliphatic rings. The normalized spacial score (nSPS) is 11.1. The number of para-hydroxylation sites is 1. The molecule has 0 bridgehead atoms. The molecule has 1 amide bonds. The first-order chi connectivity index (χ1) is 12.8. The molecule has 1 heterocycles. The van der Waals surface area contributed by atoms with Crippen molar-refractivity contribution in [1.82, 2.24) is 9.47 Å². The van der Waals surface area contributed by atoms with Crippen molar-refractivity contribution in [3.63, 3.8) is 0 Å². The number of aromatic nitrogens is 1. The largest absolute Gasteiger partial charge is 0.416 e. The van der Waals surface area contributed by atoms with Crippen molar-refractivity contribution < 1.29 is 18.0 Å². The lowest BCUT2D eigenvalue weighted by Gasteiger charge is -2.14. The Hall–Kier alpha value is -3.20.